The molecular weight excluding hydrogens is 226 g/mol. The average molecular weight is 245 g/mol. The van der Waals surface area contributed by atoms with Crippen molar-refractivity contribution >= 4 is 5.95 Å². The molecule has 0 bridgehead atoms. The lowest BCUT2D eigenvalue weighted by atomic mass is 10.0. The molecule has 2 rings (SSSR count). The highest BCUT2D eigenvalue weighted by atomic mass is 16.5. The largest absolute Gasteiger partial charge is 0.496 e. The second-order valence-electron chi connectivity index (χ2n) is 4.19. The number of rotatable bonds is 4. The van der Waals surface area contributed by atoms with Crippen LogP contribution >= 0.6 is 0 Å². The molecule has 2 aromatic rings. The molecule has 0 radical (unpaired) electrons. The average Bonchev–Trinajstić information content (AvgIpc) is 2.79. The number of imidazole rings is 1. The quantitative estimate of drug-likeness (QED) is 0.870. The molecular formula is C14H19N3O. The van der Waals surface area contributed by atoms with Gasteiger partial charge in [-0.3, -0.25) is 0 Å². The van der Waals surface area contributed by atoms with Crippen molar-refractivity contribution in [1.29, 1.82) is 0 Å². The summed E-state index contributed by atoms with van der Waals surface area (Å²) in [6.07, 6.45) is 0.944. The first kappa shape index (κ1) is 12.5. The molecule has 0 aliphatic rings. The first-order valence-electron chi connectivity index (χ1n) is 6.11. The van der Waals surface area contributed by atoms with Crippen molar-refractivity contribution in [3.63, 3.8) is 0 Å². The van der Waals surface area contributed by atoms with Gasteiger partial charge in [-0.05, 0) is 37.1 Å². The second-order valence-corrected chi connectivity index (χ2v) is 4.19. The van der Waals surface area contributed by atoms with Gasteiger partial charge in [0.1, 0.15) is 5.75 Å². The van der Waals surface area contributed by atoms with Crippen molar-refractivity contribution in [1.82, 2.24) is 9.97 Å². The molecule has 0 aliphatic carbocycles. The zero-order valence-electron chi connectivity index (χ0n) is 11.3. The number of aromatic amines is 1. The molecule has 4 heteroatoms. The molecule has 0 saturated heterocycles. The third-order valence-electron chi connectivity index (χ3n) is 3.06. The number of hydrogen-bond acceptors (Lipinski definition) is 3. The number of nitrogens with zero attached hydrogens (tertiary/aromatic N) is 1. The summed E-state index contributed by atoms with van der Waals surface area (Å²) >= 11 is 0. The Hall–Kier alpha value is -1.97. The predicted octanol–water partition coefficient (Wildman–Crippen LogP) is 3.00. The number of aromatic nitrogens is 2. The van der Waals surface area contributed by atoms with Crippen LogP contribution in [-0.4, -0.2) is 24.1 Å². The number of aryl methyl sites for hydroxylation is 2. The summed E-state index contributed by atoms with van der Waals surface area (Å²) in [6, 6.07) is 6.18. The molecule has 4 nitrogen and oxygen atoms in total. The molecule has 0 atom stereocenters. The Bertz CT molecular complexity index is 546. The van der Waals surface area contributed by atoms with Crippen LogP contribution in [0, 0.1) is 6.92 Å². The molecule has 0 fully saturated rings. The molecule has 0 spiro atoms. The van der Waals surface area contributed by atoms with E-state index in [1.807, 2.05) is 26.1 Å². The molecule has 0 saturated carbocycles. The summed E-state index contributed by atoms with van der Waals surface area (Å²) in [5.74, 6) is 1.72. The standard InChI is InChI=1S/C14H19N3O/c1-5-10-8-11(6-7-12(10)18-4)13-9(2)16-14(15-3)17-13/h6-8H,5H2,1-4H3,(H2,15,16,17). The van der Waals surface area contributed by atoms with Crippen LogP contribution in [-0.2, 0) is 6.42 Å². The summed E-state index contributed by atoms with van der Waals surface area (Å²) in [4.78, 5) is 7.73. The Balaban J connectivity index is 2.47. The number of H-pyrrole nitrogens is 1. The van der Waals surface area contributed by atoms with E-state index in [-0.39, 0.29) is 0 Å². The highest BCUT2D eigenvalue weighted by Crippen LogP contribution is 2.28. The van der Waals surface area contributed by atoms with Crippen LogP contribution in [0.5, 0.6) is 5.75 Å². The smallest absolute Gasteiger partial charge is 0.200 e. The van der Waals surface area contributed by atoms with Crippen LogP contribution < -0.4 is 10.1 Å². The number of nitrogens with one attached hydrogen (secondary N) is 2. The fraction of sp³-hybridized carbons (Fsp3) is 0.357. The van der Waals surface area contributed by atoms with Gasteiger partial charge in [-0.15, -0.1) is 0 Å². The summed E-state index contributed by atoms with van der Waals surface area (Å²) in [5.41, 5.74) is 4.36. The number of benzene rings is 1. The third-order valence-corrected chi connectivity index (χ3v) is 3.06. The van der Waals surface area contributed by atoms with Crippen molar-refractivity contribution in [2.75, 3.05) is 19.5 Å². The maximum absolute atomic E-state index is 5.34. The van der Waals surface area contributed by atoms with E-state index in [0.29, 0.717) is 0 Å². The maximum atomic E-state index is 5.34. The van der Waals surface area contributed by atoms with Gasteiger partial charge in [0.05, 0.1) is 12.8 Å². The Morgan fingerprint density at radius 1 is 1.39 bits per heavy atom. The summed E-state index contributed by atoms with van der Waals surface area (Å²) in [6.45, 7) is 4.15. The van der Waals surface area contributed by atoms with Gasteiger partial charge < -0.3 is 15.0 Å². The van der Waals surface area contributed by atoms with Crippen LogP contribution in [0.2, 0.25) is 0 Å². The van der Waals surface area contributed by atoms with Crippen molar-refractivity contribution in [3.8, 4) is 17.0 Å². The first-order chi connectivity index (χ1) is 8.69. The topological polar surface area (TPSA) is 49.9 Å². The van der Waals surface area contributed by atoms with E-state index in [0.717, 1.165) is 35.1 Å². The van der Waals surface area contributed by atoms with E-state index >= 15 is 0 Å². The van der Waals surface area contributed by atoms with E-state index in [1.165, 1.54) is 5.56 Å². The van der Waals surface area contributed by atoms with Gasteiger partial charge in [-0.2, -0.15) is 0 Å². The van der Waals surface area contributed by atoms with Crippen LogP contribution in [0.15, 0.2) is 18.2 Å². The number of hydrogen-bond donors (Lipinski definition) is 2. The minimum Gasteiger partial charge on any atom is -0.496 e. The lowest BCUT2D eigenvalue weighted by Crippen LogP contribution is -1.92. The van der Waals surface area contributed by atoms with E-state index in [4.69, 9.17) is 4.74 Å². The Kier molecular flexibility index (Phi) is 3.55. The van der Waals surface area contributed by atoms with Gasteiger partial charge in [0.25, 0.3) is 0 Å². The van der Waals surface area contributed by atoms with Gasteiger partial charge in [0.15, 0.2) is 0 Å². The first-order valence-corrected chi connectivity index (χ1v) is 6.11. The summed E-state index contributed by atoms with van der Waals surface area (Å²) in [5, 5.41) is 3.02. The van der Waals surface area contributed by atoms with Crippen molar-refractivity contribution in [2.45, 2.75) is 20.3 Å². The van der Waals surface area contributed by atoms with Crippen molar-refractivity contribution < 1.29 is 4.74 Å². The molecule has 2 N–H and O–H groups in total. The highest BCUT2D eigenvalue weighted by molar-refractivity contribution is 5.66. The predicted molar refractivity (Wildman–Crippen MR) is 74.2 cm³/mol. The normalized spacial score (nSPS) is 10.4. The molecule has 0 amide bonds. The molecule has 0 aliphatic heterocycles. The van der Waals surface area contributed by atoms with Crippen LogP contribution in [0.1, 0.15) is 18.2 Å². The Morgan fingerprint density at radius 3 is 2.72 bits per heavy atom. The third kappa shape index (κ3) is 2.18. The molecule has 96 valence electrons. The number of methoxy groups -OCH3 is 1. The van der Waals surface area contributed by atoms with E-state index < -0.39 is 0 Å². The molecule has 18 heavy (non-hydrogen) atoms. The summed E-state index contributed by atoms with van der Waals surface area (Å²) < 4.78 is 5.34. The van der Waals surface area contributed by atoms with Gasteiger partial charge in [0, 0.05) is 18.3 Å². The minimum absolute atomic E-state index is 0.788. The van der Waals surface area contributed by atoms with Crippen LogP contribution in [0.4, 0.5) is 5.95 Å². The molecule has 1 aromatic heterocycles. The van der Waals surface area contributed by atoms with Crippen LogP contribution in [0.3, 0.4) is 0 Å². The fourth-order valence-corrected chi connectivity index (χ4v) is 2.06. The van der Waals surface area contributed by atoms with E-state index in [1.54, 1.807) is 7.11 Å². The fourth-order valence-electron chi connectivity index (χ4n) is 2.06. The minimum atomic E-state index is 0.788. The molecule has 1 aromatic carbocycles. The Labute approximate surface area is 107 Å². The molecule has 1 heterocycles. The maximum Gasteiger partial charge on any atom is 0.200 e. The summed E-state index contributed by atoms with van der Waals surface area (Å²) in [7, 11) is 3.56. The number of anilines is 1. The van der Waals surface area contributed by atoms with Gasteiger partial charge >= 0.3 is 0 Å². The van der Waals surface area contributed by atoms with Crippen LogP contribution in [0.25, 0.3) is 11.3 Å². The Morgan fingerprint density at radius 2 is 2.17 bits per heavy atom. The number of ether oxygens (including phenoxy) is 1. The molecule has 0 unspecified atom stereocenters. The van der Waals surface area contributed by atoms with Crippen molar-refractivity contribution in [3.05, 3.63) is 29.5 Å². The second kappa shape index (κ2) is 5.12. The highest BCUT2D eigenvalue weighted by Gasteiger charge is 2.10. The van der Waals surface area contributed by atoms with Gasteiger partial charge in [0.2, 0.25) is 5.95 Å². The monoisotopic (exact) mass is 245 g/mol. The SMILES string of the molecule is CCc1cc(-c2nc(NC)[nH]c2C)ccc1OC. The zero-order chi connectivity index (χ0) is 13.1. The lowest BCUT2D eigenvalue weighted by Gasteiger charge is -2.08. The van der Waals surface area contributed by atoms with Gasteiger partial charge in [-0.1, -0.05) is 6.92 Å². The lowest BCUT2D eigenvalue weighted by molar-refractivity contribution is 0.410. The van der Waals surface area contributed by atoms with Crippen molar-refractivity contribution in [2.24, 2.45) is 0 Å². The van der Waals surface area contributed by atoms with Gasteiger partial charge in [-0.25, -0.2) is 4.98 Å². The van der Waals surface area contributed by atoms with E-state index in [2.05, 4.69) is 28.3 Å². The van der Waals surface area contributed by atoms with E-state index in [9.17, 15) is 0 Å². The zero-order valence-corrected chi connectivity index (χ0v) is 11.3.